The van der Waals surface area contributed by atoms with E-state index in [-0.39, 0.29) is 12.5 Å². The first-order valence-electron chi connectivity index (χ1n) is 11.6. The summed E-state index contributed by atoms with van der Waals surface area (Å²) >= 11 is 0. The highest BCUT2D eigenvalue weighted by molar-refractivity contribution is 7.92. The maximum atomic E-state index is 12.4. The molecule has 0 radical (unpaired) electrons. The fraction of sp³-hybridized carbons (Fsp3) is 0.222. The molecule has 0 heterocycles. The van der Waals surface area contributed by atoms with Gasteiger partial charge in [0.2, 0.25) is 10.0 Å². The molecule has 10 nitrogen and oxygen atoms in total. The number of sulfonamides is 1. The highest BCUT2D eigenvalue weighted by Gasteiger charge is 2.22. The molecule has 0 aliphatic carbocycles. The molecule has 2 N–H and O–H groups in total. The van der Waals surface area contributed by atoms with Crippen molar-refractivity contribution in [2.45, 2.75) is 13.8 Å². The highest BCUT2D eigenvalue weighted by Crippen LogP contribution is 2.23. The van der Waals surface area contributed by atoms with Crippen molar-refractivity contribution >= 4 is 39.4 Å². The van der Waals surface area contributed by atoms with Gasteiger partial charge in [-0.1, -0.05) is 17.7 Å². The molecule has 2 amide bonds. The molecule has 0 unspecified atom stereocenters. The smallest absolute Gasteiger partial charge is 0.262 e. The summed E-state index contributed by atoms with van der Waals surface area (Å²) in [5.74, 6) is 0.269. The lowest BCUT2D eigenvalue weighted by Gasteiger charge is -2.23. The highest BCUT2D eigenvalue weighted by atomic mass is 32.2. The van der Waals surface area contributed by atoms with E-state index in [0.29, 0.717) is 28.4 Å². The van der Waals surface area contributed by atoms with Gasteiger partial charge >= 0.3 is 0 Å². The average molecular weight is 539 g/mol. The van der Waals surface area contributed by atoms with Crippen molar-refractivity contribution in [3.63, 3.8) is 0 Å². The van der Waals surface area contributed by atoms with Crippen LogP contribution in [0.15, 0.2) is 71.8 Å². The van der Waals surface area contributed by atoms with E-state index in [4.69, 9.17) is 9.47 Å². The predicted molar refractivity (Wildman–Crippen MR) is 147 cm³/mol. The Morgan fingerprint density at radius 2 is 1.61 bits per heavy atom. The molecule has 0 aliphatic heterocycles. The third-order valence-corrected chi connectivity index (χ3v) is 6.46. The minimum atomic E-state index is -3.69. The van der Waals surface area contributed by atoms with Crippen LogP contribution in [0, 0.1) is 13.8 Å². The quantitative estimate of drug-likeness (QED) is 0.285. The molecule has 38 heavy (non-hydrogen) atoms. The van der Waals surface area contributed by atoms with E-state index in [1.807, 2.05) is 13.0 Å². The number of carbonyl (C=O) groups excluding carboxylic acids is 2. The molecule has 0 spiro atoms. The molecule has 0 atom stereocenters. The van der Waals surface area contributed by atoms with E-state index in [2.05, 4.69) is 15.8 Å². The molecule has 0 saturated carbocycles. The van der Waals surface area contributed by atoms with Crippen molar-refractivity contribution in [1.82, 2.24) is 5.43 Å². The summed E-state index contributed by atoms with van der Waals surface area (Å²) in [6, 6.07) is 19.0. The Kier molecular flexibility index (Phi) is 9.44. The Balaban J connectivity index is 1.50. The number of aryl methyl sites for hydroxylation is 2. The number of hydrogen-bond donors (Lipinski definition) is 2. The second-order valence-corrected chi connectivity index (χ2v) is 10.4. The zero-order chi connectivity index (χ0) is 27.7. The Morgan fingerprint density at radius 1 is 0.947 bits per heavy atom. The van der Waals surface area contributed by atoms with Crippen molar-refractivity contribution in [1.29, 1.82) is 0 Å². The van der Waals surface area contributed by atoms with Crippen LogP contribution in [0.2, 0.25) is 0 Å². The standard InChI is InChI=1S/C27H30N4O6S/c1-19-5-14-25(20(2)15-19)31(38(4,34)35)17-26(32)30-28-16-21-6-10-24(11-7-21)37-18-27(33)29-22-8-12-23(36-3)13-9-22/h5-16H,17-18H2,1-4H3,(H,29,33)(H,30,32)/b28-16-. The van der Waals surface area contributed by atoms with Gasteiger partial charge in [0.05, 0.1) is 25.3 Å². The Hall–Kier alpha value is -4.38. The summed E-state index contributed by atoms with van der Waals surface area (Å²) in [6.07, 6.45) is 2.47. The third kappa shape index (κ3) is 8.34. The number of hydrazone groups is 1. The van der Waals surface area contributed by atoms with Crippen molar-refractivity contribution in [2.75, 3.05) is 36.1 Å². The van der Waals surface area contributed by atoms with Crippen LogP contribution in [0.3, 0.4) is 0 Å². The molecule has 0 aromatic heterocycles. The fourth-order valence-electron chi connectivity index (χ4n) is 3.48. The molecule has 11 heteroatoms. The SMILES string of the molecule is COc1ccc(NC(=O)COc2ccc(/C=N\NC(=O)CN(c3ccc(C)cc3C)S(C)(=O)=O)cc2)cc1. The lowest BCUT2D eigenvalue weighted by molar-refractivity contribution is -0.119. The van der Waals surface area contributed by atoms with Crippen LogP contribution in [0.4, 0.5) is 11.4 Å². The molecule has 3 aromatic rings. The number of hydrogen-bond acceptors (Lipinski definition) is 7. The fourth-order valence-corrected chi connectivity index (χ4v) is 4.40. The molecule has 0 saturated heterocycles. The van der Waals surface area contributed by atoms with Crippen LogP contribution in [0.25, 0.3) is 0 Å². The first-order chi connectivity index (χ1) is 18.0. The van der Waals surface area contributed by atoms with Gasteiger partial charge in [-0.25, -0.2) is 13.8 Å². The lowest BCUT2D eigenvalue weighted by Crippen LogP contribution is -2.39. The van der Waals surface area contributed by atoms with Gasteiger partial charge in [-0.15, -0.1) is 0 Å². The Bertz CT molecular complexity index is 1400. The summed E-state index contributed by atoms with van der Waals surface area (Å²) in [6.45, 7) is 3.11. The summed E-state index contributed by atoms with van der Waals surface area (Å²) in [4.78, 5) is 24.5. The van der Waals surface area contributed by atoms with Crippen molar-refractivity contribution < 1.29 is 27.5 Å². The van der Waals surface area contributed by atoms with Crippen LogP contribution in [0.5, 0.6) is 11.5 Å². The van der Waals surface area contributed by atoms with Gasteiger partial charge in [0.1, 0.15) is 18.0 Å². The van der Waals surface area contributed by atoms with Crippen LogP contribution in [0.1, 0.15) is 16.7 Å². The lowest BCUT2D eigenvalue weighted by atomic mass is 10.1. The number of nitrogens with one attached hydrogen (secondary N) is 2. The van der Waals surface area contributed by atoms with Crippen LogP contribution >= 0.6 is 0 Å². The number of benzene rings is 3. The van der Waals surface area contributed by atoms with Crippen LogP contribution < -0.4 is 24.5 Å². The number of ether oxygens (including phenoxy) is 2. The zero-order valence-corrected chi connectivity index (χ0v) is 22.4. The van der Waals surface area contributed by atoms with Gasteiger partial charge in [-0.3, -0.25) is 13.9 Å². The molecule has 0 aliphatic rings. The van der Waals surface area contributed by atoms with Gasteiger partial charge in [0.15, 0.2) is 6.61 Å². The van der Waals surface area contributed by atoms with E-state index < -0.39 is 22.5 Å². The summed E-state index contributed by atoms with van der Waals surface area (Å²) in [5.41, 5.74) is 5.81. The topological polar surface area (TPSA) is 126 Å². The molecule has 0 fully saturated rings. The zero-order valence-electron chi connectivity index (χ0n) is 21.6. The van der Waals surface area contributed by atoms with Crippen LogP contribution in [-0.4, -0.2) is 53.0 Å². The second kappa shape index (κ2) is 12.7. The maximum Gasteiger partial charge on any atom is 0.262 e. The van der Waals surface area contributed by atoms with Crippen molar-refractivity contribution in [2.24, 2.45) is 5.10 Å². The second-order valence-electron chi connectivity index (χ2n) is 8.49. The number of rotatable bonds is 11. The first-order valence-corrected chi connectivity index (χ1v) is 13.4. The average Bonchev–Trinajstić information content (AvgIpc) is 2.87. The minimum Gasteiger partial charge on any atom is -0.497 e. The van der Waals surface area contributed by atoms with Gasteiger partial charge < -0.3 is 14.8 Å². The van der Waals surface area contributed by atoms with E-state index in [9.17, 15) is 18.0 Å². The van der Waals surface area contributed by atoms with Crippen molar-refractivity contribution in [3.05, 3.63) is 83.4 Å². The van der Waals surface area contributed by atoms with E-state index in [1.165, 1.54) is 6.21 Å². The van der Waals surface area contributed by atoms with E-state index >= 15 is 0 Å². The van der Waals surface area contributed by atoms with Crippen LogP contribution in [-0.2, 0) is 19.6 Å². The number of nitrogens with zero attached hydrogens (tertiary/aromatic N) is 2. The molecule has 200 valence electrons. The third-order valence-electron chi connectivity index (χ3n) is 5.34. The largest absolute Gasteiger partial charge is 0.497 e. The minimum absolute atomic E-state index is 0.174. The van der Waals surface area contributed by atoms with Crippen molar-refractivity contribution in [3.8, 4) is 11.5 Å². The predicted octanol–water partition coefficient (Wildman–Crippen LogP) is 3.25. The normalized spacial score (nSPS) is 11.2. The number of methoxy groups -OCH3 is 1. The maximum absolute atomic E-state index is 12.4. The summed E-state index contributed by atoms with van der Waals surface area (Å²) < 4.78 is 36.3. The molecular weight excluding hydrogens is 508 g/mol. The van der Waals surface area contributed by atoms with Gasteiger partial charge in [-0.05, 0) is 79.6 Å². The first kappa shape index (κ1) is 28.2. The Labute approximate surface area is 222 Å². The monoisotopic (exact) mass is 538 g/mol. The number of carbonyl (C=O) groups is 2. The number of anilines is 2. The van der Waals surface area contributed by atoms with E-state index in [0.717, 1.165) is 21.7 Å². The molecule has 0 bridgehead atoms. The number of amides is 2. The van der Waals surface area contributed by atoms with Gasteiger partial charge in [0.25, 0.3) is 11.8 Å². The molecule has 3 rings (SSSR count). The van der Waals surface area contributed by atoms with E-state index in [1.54, 1.807) is 74.7 Å². The summed E-state index contributed by atoms with van der Waals surface area (Å²) in [7, 11) is -2.12. The Morgan fingerprint density at radius 3 is 2.21 bits per heavy atom. The van der Waals surface area contributed by atoms with Gasteiger partial charge in [0, 0.05) is 5.69 Å². The van der Waals surface area contributed by atoms with Gasteiger partial charge in [-0.2, -0.15) is 5.10 Å². The molecule has 3 aromatic carbocycles. The molecular formula is C27H30N4O6S. The summed E-state index contributed by atoms with van der Waals surface area (Å²) in [5, 5.41) is 6.64.